The van der Waals surface area contributed by atoms with Crippen LogP contribution >= 0.6 is 23.2 Å². The van der Waals surface area contributed by atoms with Crippen LogP contribution in [0.2, 0.25) is 10.0 Å². The maximum Gasteiger partial charge on any atom is 0.261 e. The summed E-state index contributed by atoms with van der Waals surface area (Å²) in [7, 11) is 3.04. The molecule has 8 heteroatoms. The summed E-state index contributed by atoms with van der Waals surface area (Å²) in [5, 5.41) is 14.2. The lowest BCUT2D eigenvalue weighted by Crippen LogP contribution is -2.10. The molecule has 0 spiro atoms. The summed E-state index contributed by atoms with van der Waals surface area (Å²) in [5.41, 5.74) is 0.258. The molecule has 0 amide bonds. The molecule has 0 saturated carbocycles. The third kappa shape index (κ3) is 3.04. The minimum atomic E-state index is -0.464. The van der Waals surface area contributed by atoms with Crippen molar-refractivity contribution in [3.8, 4) is 17.2 Å². The number of ether oxygens (including phenoxy) is 2. The second kappa shape index (κ2) is 6.41. The van der Waals surface area contributed by atoms with Gasteiger partial charge in [-0.1, -0.05) is 28.4 Å². The van der Waals surface area contributed by atoms with Crippen LogP contribution in [-0.2, 0) is 9.47 Å². The van der Waals surface area contributed by atoms with E-state index >= 15 is 0 Å². The lowest BCUT2D eigenvalue weighted by molar-refractivity contribution is 0.0209. The van der Waals surface area contributed by atoms with Crippen LogP contribution in [0.5, 0.6) is 5.75 Å². The summed E-state index contributed by atoms with van der Waals surface area (Å²) < 4.78 is 15.3. The number of nitrogens with zero attached hydrogens (tertiary/aromatic N) is 2. The van der Waals surface area contributed by atoms with Crippen molar-refractivity contribution in [1.29, 1.82) is 0 Å². The van der Waals surface area contributed by atoms with Gasteiger partial charge >= 0.3 is 0 Å². The second-order valence-electron chi connectivity index (χ2n) is 3.92. The van der Waals surface area contributed by atoms with Gasteiger partial charge in [0.05, 0.1) is 17.2 Å². The van der Waals surface area contributed by atoms with Gasteiger partial charge < -0.3 is 19.1 Å². The Morgan fingerprint density at radius 1 is 1.35 bits per heavy atom. The normalized spacial score (nSPS) is 12.6. The lowest BCUT2D eigenvalue weighted by atomic mass is 10.2. The maximum absolute atomic E-state index is 9.91. The highest BCUT2D eigenvalue weighted by Crippen LogP contribution is 2.37. The van der Waals surface area contributed by atoms with Gasteiger partial charge in [-0.05, 0) is 12.1 Å². The first-order valence-corrected chi connectivity index (χ1v) is 6.36. The molecule has 2 rings (SSSR count). The Balaban J connectivity index is 2.38. The molecule has 2 aromatic rings. The fourth-order valence-corrected chi connectivity index (χ4v) is 2.10. The van der Waals surface area contributed by atoms with E-state index in [1.807, 2.05) is 0 Å². The average molecular weight is 319 g/mol. The standard InChI is InChI=1S/C12H12Cl2N2O4/c1-18-5-9(19-2)11-15-12(20-16-11)7-3-6(13)4-8(14)10(7)17/h3-4,9,17H,5H2,1-2H3. The fourth-order valence-electron chi connectivity index (χ4n) is 1.60. The van der Waals surface area contributed by atoms with Gasteiger partial charge in [0, 0.05) is 19.2 Å². The van der Waals surface area contributed by atoms with Crippen LogP contribution in [0.25, 0.3) is 11.5 Å². The van der Waals surface area contributed by atoms with Gasteiger partial charge in [-0.2, -0.15) is 4.98 Å². The zero-order valence-electron chi connectivity index (χ0n) is 10.8. The molecular weight excluding hydrogens is 307 g/mol. The number of halogens is 2. The van der Waals surface area contributed by atoms with E-state index in [4.69, 9.17) is 37.2 Å². The average Bonchev–Trinajstić information content (AvgIpc) is 2.89. The molecule has 0 aliphatic heterocycles. The van der Waals surface area contributed by atoms with Crippen LogP contribution in [0.3, 0.4) is 0 Å². The Labute approximate surface area is 125 Å². The predicted octanol–water partition coefficient (Wildman–Crippen LogP) is 3.08. The zero-order chi connectivity index (χ0) is 14.7. The SMILES string of the molecule is COCC(OC)c1noc(-c2cc(Cl)cc(Cl)c2O)n1. The van der Waals surface area contributed by atoms with E-state index in [1.54, 1.807) is 0 Å². The van der Waals surface area contributed by atoms with Crippen molar-refractivity contribution in [3.05, 3.63) is 28.0 Å². The van der Waals surface area contributed by atoms with Crippen molar-refractivity contribution < 1.29 is 19.1 Å². The molecule has 0 bridgehead atoms. The van der Waals surface area contributed by atoms with Gasteiger partial charge in [-0.25, -0.2) is 0 Å². The largest absolute Gasteiger partial charge is 0.506 e. The summed E-state index contributed by atoms with van der Waals surface area (Å²) in [6, 6.07) is 2.90. The summed E-state index contributed by atoms with van der Waals surface area (Å²) >= 11 is 11.7. The van der Waals surface area contributed by atoms with Crippen molar-refractivity contribution in [2.45, 2.75) is 6.10 Å². The summed E-state index contributed by atoms with van der Waals surface area (Å²) in [4.78, 5) is 4.15. The number of rotatable bonds is 5. The third-order valence-corrected chi connectivity index (χ3v) is 3.10. The molecule has 1 unspecified atom stereocenters. The van der Waals surface area contributed by atoms with E-state index in [-0.39, 0.29) is 28.8 Å². The molecule has 1 aromatic carbocycles. The van der Waals surface area contributed by atoms with E-state index in [0.29, 0.717) is 10.8 Å². The van der Waals surface area contributed by atoms with Crippen LogP contribution in [0.1, 0.15) is 11.9 Å². The smallest absolute Gasteiger partial charge is 0.261 e. The molecule has 0 aliphatic rings. The van der Waals surface area contributed by atoms with Crippen molar-refractivity contribution in [1.82, 2.24) is 10.1 Å². The molecule has 1 atom stereocenters. The molecule has 1 N–H and O–H groups in total. The lowest BCUT2D eigenvalue weighted by Gasteiger charge is -2.08. The van der Waals surface area contributed by atoms with E-state index in [9.17, 15) is 5.11 Å². The van der Waals surface area contributed by atoms with Crippen LogP contribution in [0.4, 0.5) is 0 Å². The van der Waals surface area contributed by atoms with Crippen LogP contribution in [-0.4, -0.2) is 36.1 Å². The number of hydrogen-bond acceptors (Lipinski definition) is 6. The first kappa shape index (κ1) is 15.1. The van der Waals surface area contributed by atoms with Gasteiger partial charge in [0.2, 0.25) is 5.82 Å². The Morgan fingerprint density at radius 3 is 2.75 bits per heavy atom. The number of benzene rings is 1. The quantitative estimate of drug-likeness (QED) is 0.912. The fraction of sp³-hybridized carbons (Fsp3) is 0.333. The number of aromatic nitrogens is 2. The Kier molecular flexibility index (Phi) is 4.82. The second-order valence-corrected chi connectivity index (χ2v) is 4.76. The minimum absolute atomic E-state index is 0.0973. The highest BCUT2D eigenvalue weighted by molar-refractivity contribution is 6.36. The van der Waals surface area contributed by atoms with Crippen LogP contribution in [0, 0.1) is 0 Å². The number of methoxy groups -OCH3 is 2. The number of hydrogen-bond donors (Lipinski definition) is 1. The summed E-state index contributed by atoms with van der Waals surface area (Å²) in [6.07, 6.45) is -0.464. The van der Waals surface area contributed by atoms with Gasteiger partial charge in [-0.3, -0.25) is 0 Å². The van der Waals surface area contributed by atoms with Crippen molar-refractivity contribution >= 4 is 23.2 Å². The molecule has 6 nitrogen and oxygen atoms in total. The van der Waals surface area contributed by atoms with Crippen LogP contribution < -0.4 is 0 Å². The van der Waals surface area contributed by atoms with Crippen molar-refractivity contribution in [2.24, 2.45) is 0 Å². The molecular formula is C12H12Cl2N2O4. The molecule has 0 aliphatic carbocycles. The highest BCUT2D eigenvalue weighted by Gasteiger charge is 2.21. The minimum Gasteiger partial charge on any atom is -0.506 e. The molecule has 0 radical (unpaired) electrons. The Hall–Kier alpha value is -1.34. The molecule has 0 fully saturated rings. The van der Waals surface area contributed by atoms with Gasteiger partial charge in [-0.15, -0.1) is 0 Å². The first-order valence-electron chi connectivity index (χ1n) is 5.60. The summed E-state index contributed by atoms with van der Waals surface area (Å²) in [5.74, 6) is 0.229. The number of phenols is 1. The highest BCUT2D eigenvalue weighted by atomic mass is 35.5. The summed E-state index contributed by atoms with van der Waals surface area (Å²) in [6.45, 7) is 0.276. The maximum atomic E-state index is 9.91. The topological polar surface area (TPSA) is 77.6 Å². The Morgan fingerprint density at radius 2 is 2.10 bits per heavy atom. The number of phenolic OH excluding ortho intramolecular Hbond substituents is 1. The van der Waals surface area contributed by atoms with Gasteiger partial charge in [0.1, 0.15) is 11.9 Å². The number of aromatic hydroxyl groups is 1. The molecule has 20 heavy (non-hydrogen) atoms. The van der Waals surface area contributed by atoms with Crippen molar-refractivity contribution in [2.75, 3.05) is 20.8 Å². The molecule has 108 valence electrons. The van der Waals surface area contributed by atoms with E-state index in [1.165, 1.54) is 26.4 Å². The molecule has 1 aromatic heterocycles. The van der Waals surface area contributed by atoms with Crippen LogP contribution in [0.15, 0.2) is 16.7 Å². The molecule has 0 saturated heterocycles. The first-order chi connectivity index (χ1) is 9.56. The molecule has 1 heterocycles. The zero-order valence-corrected chi connectivity index (χ0v) is 12.3. The Bertz CT molecular complexity index is 603. The van der Waals surface area contributed by atoms with E-state index in [2.05, 4.69) is 10.1 Å². The van der Waals surface area contributed by atoms with Gasteiger partial charge in [0.15, 0.2) is 0 Å². The van der Waals surface area contributed by atoms with E-state index < -0.39 is 6.10 Å². The van der Waals surface area contributed by atoms with Crippen molar-refractivity contribution in [3.63, 3.8) is 0 Å². The van der Waals surface area contributed by atoms with E-state index in [0.717, 1.165) is 0 Å². The van der Waals surface area contributed by atoms with Gasteiger partial charge in [0.25, 0.3) is 5.89 Å². The monoisotopic (exact) mass is 318 g/mol. The predicted molar refractivity (Wildman–Crippen MR) is 73.0 cm³/mol. The third-order valence-electron chi connectivity index (χ3n) is 2.59.